The summed E-state index contributed by atoms with van der Waals surface area (Å²) >= 11 is 0. The molecule has 0 atom stereocenters. The Morgan fingerprint density at radius 2 is 1.23 bits per heavy atom. The Balaban J connectivity index is 2.39. The molecule has 0 aromatic heterocycles. The Morgan fingerprint density at radius 1 is 0.731 bits per heavy atom. The molecule has 1 rings (SSSR count). The number of hydrogen-bond acceptors (Lipinski definition) is 2. The van der Waals surface area contributed by atoms with E-state index >= 15 is 0 Å². The molecule has 1 aromatic rings. The molecule has 2 N–H and O–H groups in total. The van der Waals surface area contributed by atoms with E-state index in [1.54, 1.807) is 6.07 Å². The highest BCUT2D eigenvalue weighted by Crippen LogP contribution is 2.20. The van der Waals surface area contributed by atoms with Gasteiger partial charge < -0.3 is 10.2 Å². The maximum atomic E-state index is 11.2. The minimum Gasteiger partial charge on any atom is -0.481 e. The molecule has 0 amide bonds. The quantitative estimate of drug-likeness (QED) is 0.409. The van der Waals surface area contributed by atoms with E-state index in [0.29, 0.717) is 11.1 Å². The van der Waals surface area contributed by atoms with Crippen molar-refractivity contribution in [2.45, 2.75) is 90.4 Å². The van der Waals surface area contributed by atoms with Gasteiger partial charge in [0, 0.05) is 0 Å². The van der Waals surface area contributed by atoms with E-state index in [1.807, 2.05) is 12.1 Å². The summed E-state index contributed by atoms with van der Waals surface area (Å²) in [4.78, 5) is 22.2. The third-order valence-electron chi connectivity index (χ3n) is 4.84. The molecule has 0 bridgehead atoms. The lowest BCUT2D eigenvalue weighted by Crippen LogP contribution is -2.10. The van der Waals surface area contributed by atoms with E-state index < -0.39 is 11.9 Å². The molecule has 4 heteroatoms. The van der Waals surface area contributed by atoms with Gasteiger partial charge in [0.2, 0.25) is 0 Å². The summed E-state index contributed by atoms with van der Waals surface area (Å²) in [6.45, 7) is 2.24. The second-order valence-corrected chi connectivity index (χ2v) is 7.13. The van der Waals surface area contributed by atoms with E-state index in [0.717, 1.165) is 24.8 Å². The Kier molecular flexibility index (Phi) is 11.4. The van der Waals surface area contributed by atoms with Crippen molar-refractivity contribution < 1.29 is 19.8 Å². The number of rotatable bonds is 15. The average molecular weight is 363 g/mol. The predicted octanol–water partition coefficient (Wildman–Crippen LogP) is 5.40. The van der Waals surface area contributed by atoms with Crippen molar-refractivity contribution in [3.8, 4) is 0 Å². The number of unbranched alkanes of at least 4 members (excludes halogenated alkanes) is 9. The third-order valence-corrected chi connectivity index (χ3v) is 4.84. The summed E-state index contributed by atoms with van der Waals surface area (Å²) in [5.74, 6) is -1.83. The van der Waals surface area contributed by atoms with Crippen LogP contribution in [0.5, 0.6) is 0 Å². The minimum absolute atomic E-state index is 0.101. The zero-order valence-electron chi connectivity index (χ0n) is 16.1. The first-order valence-corrected chi connectivity index (χ1v) is 10.1. The van der Waals surface area contributed by atoms with Crippen LogP contribution in [-0.2, 0) is 28.9 Å². The van der Waals surface area contributed by atoms with Crippen LogP contribution >= 0.6 is 0 Å². The Labute approximate surface area is 157 Å². The highest BCUT2D eigenvalue weighted by atomic mass is 16.4. The van der Waals surface area contributed by atoms with Gasteiger partial charge in [-0.2, -0.15) is 0 Å². The molecular formula is C22H34O4. The van der Waals surface area contributed by atoms with E-state index in [2.05, 4.69) is 6.92 Å². The second-order valence-electron chi connectivity index (χ2n) is 7.13. The molecular weight excluding hydrogens is 328 g/mol. The molecule has 1 aromatic carbocycles. The molecule has 0 aliphatic heterocycles. The van der Waals surface area contributed by atoms with E-state index in [4.69, 9.17) is 10.2 Å². The lowest BCUT2D eigenvalue weighted by Gasteiger charge is -2.12. The number of carboxylic acid groups (broad SMARTS) is 2. The third kappa shape index (κ3) is 9.59. The van der Waals surface area contributed by atoms with Crippen molar-refractivity contribution in [3.63, 3.8) is 0 Å². The average Bonchev–Trinajstić information content (AvgIpc) is 2.58. The molecule has 0 saturated carbocycles. The molecule has 0 unspecified atom stereocenters. The lowest BCUT2D eigenvalue weighted by molar-refractivity contribution is -0.137. The largest absolute Gasteiger partial charge is 0.481 e. The van der Waals surface area contributed by atoms with Crippen molar-refractivity contribution in [1.82, 2.24) is 0 Å². The van der Waals surface area contributed by atoms with Crippen molar-refractivity contribution in [2.75, 3.05) is 0 Å². The fraction of sp³-hybridized carbons (Fsp3) is 0.636. The molecule has 0 radical (unpaired) electrons. The highest BCUT2D eigenvalue weighted by molar-refractivity contribution is 5.75. The van der Waals surface area contributed by atoms with Crippen molar-refractivity contribution in [1.29, 1.82) is 0 Å². The smallest absolute Gasteiger partial charge is 0.307 e. The zero-order valence-corrected chi connectivity index (χ0v) is 16.1. The second kappa shape index (κ2) is 13.4. The monoisotopic (exact) mass is 362 g/mol. The fourth-order valence-electron chi connectivity index (χ4n) is 3.43. The first-order chi connectivity index (χ1) is 12.5. The van der Waals surface area contributed by atoms with Crippen molar-refractivity contribution in [3.05, 3.63) is 34.9 Å². The topological polar surface area (TPSA) is 74.6 Å². The number of aliphatic carboxylic acids is 2. The molecule has 0 aliphatic rings. The first kappa shape index (κ1) is 22.2. The number of carboxylic acids is 2. The Bertz CT molecular complexity index is 551. The van der Waals surface area contributed by atoms with Gasteiger partial charge in [0.1, 0.15) is 0 Å². The normalized spacial score (nSPS) is 10.8. The van der Waals surface area contributed by atoms with Gasteiger partial charge in [-0.3, -0.25) is 9.59 Å². The van der Waals surface area contributed by atoms with E-state index in [-0.39, 0.29) is 12.8 Å². The number of hydrogen-bond donors (Lipinski definition) is 2. The molecule has 0 spiro atoms. The summed E-state index contributed by atoms with van der Waals surface area (Å²) < 4.78 is 0. The van der Waals surface area contributed by atoms with Crippen LogP contribution in [0.2, 0.25) is 0 Å². The standard InChI is InChI=1S/C22H34O4/c1-2-3-4-5-6-7-8-9-10-11-13-18-14-12-15-19(16-21(23)24)20(18)17-22(25)26/h12,14-15H,2-11,13,16-17H2,1H3,(H,23,24)(H,25,26). The lowest BCUT2D eigenvalue weighted by atomic mass is 9.93. The van der Waals surface area contributed by atoms with Crippen LogP contribution in [0.25, 0.3) is 0 Å². The van der Waals surface area contributed by atoms with Gasteiger partial charge in [-0.25, -0.2) is 0 Å². The molecule has 0 aliphatic carbocycles. The van der Waals surface area contributed by atoms with Gasteiger partial charge in [-0.1, -0.05) is 82.9 Å². The van der Waals surface area contributed by atoms with Crippen LogP contribution in [0.3, 0.4) is 0 Å². The summed E-state index contributed by atoms with van der Waals surface area (Å²) in [5.41, 5.74) is 2.31. The van der Waals surface area contributed by atoms with Crippen LogP contribution in [0.4, 0.5) is 0 Å². The molecule has 146 valence electrons. The van der Waals surface area contributed by atoms with Crippen LogP contribution in [0.1, 0.15) is 87.8 Å². The number of aryl methyl sites for hydroxylation is 1. The maximum Gasteiger partial charge on any atom is 0.307 e. The molecule has 0 saturated heterocycles. The van der Waals surface area contributed by atoms with Crippen LogP contribution in [0.15, 0.2) is 18.2 Å². The fourth-order valence-corrected chi connectivity index (χ4v) is 3.43. The summed E-state index contributed by atoms with van der Waals surface area (Å²) in [5, 5.41) is 18.2. The number of benzene rings is 1. The Hall–Kier alpha value is -1.84. The van der Waals surface area contributed by atoms with E-state index in [1.165, 1.54) is 51.4 Å². The van der Waals surface area contributed by atoms with Gasteiger partial charge in [-0.15, -0.1) is 0 Å². The molecule has 0 heterocycles. The van der Waals surface area contributed by atoms with Crippen LogP contribution in [0, 0.1) is 0 Å². The van der Waals surface area contributed by atoms with Gasteiger partial charge in [0.05, 0.1) is 12.8 Å². The first-order valence-electron chi connectivity index (χ1n) is 10.1. The van der Waals surface area contributed by atoms with Crippen LogP contribution in [-0.4, -0.2) is 22.2 Å². The van der Waals surface area contributed by atoms with Crippen LogP contribution < -0.4 is 0 Å². The predicted molar refractivity (Wildman–Crippen MR) is 105 cm³/mol. The highest BCUT2D eigenvalue weighted by Gasteiger charge is 2.14. The minimum atomic E-state index is -0.923. The van der Waals surface area contributed by atoms with Crippen molar-refractivity contribution in [2.24, 2.45) is 0 Å². The van der Waals surface area contributed by atoms with Gasteiger partial charge in [0.15, 0.2) is 0 Å². The van der Waals surface area contributed by atoms with Gasteiger partial charge in [0.25, 0.3) is 0 Å². The van der Waals surface area contributed by atoms with Crippen molar-refractivity contribution >= 4 is 11.9 Å². The SMILES string of the molecule is CCCCCCCCCCCCc1cccc(CC(=O)O)c1CC(=O)O. The molecule has 26 heavy (non-hydrogen) atoms. The summed E-state index contributed by atoms with van der Waals surface area (Å²) in [7, 11) is 0. The number of carbonyl (C=O) groups is 2. The molecule has 0 fully saturated rings. The summed E-state index contributed by atoms with van der Waals surface area (Å²) in [6.07, 6.45) is 13.3. The zero-order chi connectivity index (χ0) is 19.2. The van der Waals surface area contributed by atoms with Gasteiger partial charge in [-0.05, 0) is 29.5 Å². The Morgan fingerprint density at radius 3 is 1.77 bits per heavy atom. The molecule has 4 nitrogen and oxygen atoms in total. The maximum absolute atomic E-state index is 11.2. The van der Waals surface area contributed by atoms with Gasteiger partial charge >= 0.3 is 11.9 Å². The summed E-state index contributed by atoms with van der Waals surface area (Å²) in [6, 6.07) is 5.51. The van der Waals surface area contributed by atoms with E-state index in [9.17, 15) is 9.59 Å².